The number of halogens is 3. The molecule has 0 saturated carbocycles. The minimum Gasteiger partial charge on any atom is -0.407 e. The molecular formula is C11H19F3N4O. The summed E-state index contributed by atoms with van der Waals surface area (Å²) in [6.07, 6.45) is -2.76. The molecule has 0 aliphatic heterocycles. The summed E-state index contributed by atoms with van der Waals surface area (Å²) in [7, 11) is 0. The van der Waals surface area contributed by atoms with Crippen LogP contribution >= 0.6 is 0 Å². The van der Waals surface area contributed by atoms with Gasteiger partial charge < -0.3 is 14.6 Å². The number of aromatic nitrogens is 2. The van der Waals surface area contributed by atoms with Gasteiger partial charge in [0.05, 0.1) is 6.54 Å². The maximum atomic E-state index is 12.4. The smallest absolute Gasteiger partial charge is 0.406 e. The van der Waals surface area contributed by atoms with E-state index in [1.807, 2.05) is 6.92 Å². The Morgan fingerprint density at radius 3 is 2.53 bits per heavy atom. The highest BCUT2D eigenvalue weighted by atomic mass is 19.4. The summed E-state index contributed by atoms with van der Waals surface area (Å²) in [5.74, 6) is 0.298. The Balaban J connectivity index is 2.63. The standard InChI is InChI=1S/C11H19F3N4O/c1-3-5-15-7-9-16-17-10(19-9)18(6-4-2)8-11(12,13)14/h15H,3-8H2,1-2H3. The molecule has 0 unspecified atom stereocenters. The summed E-state index contributed by atoms with van der Waals surface area (Å²) in [5, 5.41) is 10.4. The van der Waals surface area contributed by atoms with Gasteiger partial charge in [-0.25, -0.2) is 0 Å². The van der Waals surface area contributed by atoms with Crippen molar-refractivity contribution in [1.29, 1.82) is 0 Å². The second kappa shape index (κ2) is 7.32. The lowest BCUT2D eigenvalue weighted by Gasteiger charge is -2.20. The van der Waals surface area contributed by atoms with E-state index in [2.05, 4.69) is 15.5 Å². The van der Waals surface area contributed by atoms with E-state index in [4.69, 9.17) is 4.42 Å². The molecule has 8 heteroatoms. The lowest BCUT2D eigenvalue weighted by molar-refractivity contribution is -0.120. The molecule has 0 atom stereocenters. The van der Waals surface area contributed by atoms with Crippen molar-refractivity contribution in [2.75, 3.05) is 24.5 Å². The fourth-order valence-electron chi connectivity index (χ4n) is 1.54. The first-order chi connectivity index (χ1) is 8.96. The highest BCUT2D eigenvalue weighted by molar-refractivity contribution is 5.24. The minimum absolute atomic E-state index is 0.0764. The summed E-state index contributed by atoms with van der Waals surface area (Å²) in [5.41, 5.74) is 0. The van der Waals surface area contributed by atoms with Gasteiger partial charge in [-0.3, -0.25) is 0 Å². The number of hydrogen-bond donors (Lipinski definition) is 1. The fourth-order valence-corrected chi connectivity index (χ4v) is 1.54. The van der Waals surface area contributed by atoms with Gasteiger partial charge in [0.25, 0.3) is 0 Å². The van der Waals surface area contributed by atoms with Crippen molar-refractivity contribution in [3.05, 3.63) is 5.89 Å². The van der Waals surface area contributed by atoms with Crippen molar-refractivity contribution >= 4 is 6.01 Å². The van der Waals surface area contributed by atoms with E-state index >= 15 is 0 Å². The number of nitrogens with one attached hydrogen (secondary N) is 1. The first-order valence-electron chi connectivity index (χ1n) is 6.31. The van der Waals surface area contributed by atoms with E-state index in [0.29, 0.717) is 18.9 Å². The van der Waals surface area contributed by atoms with Crippen molar-refractivity contribution in [1.82, 2.24) is 15.5 Å². The predicted octanol–water partition coefficient (Wildman–Crippen LogP) is 2.35. The molecule has 0 spiro atoms. The third-order valence-electron chi connectivity index (χ3n) is 2.29. The maximum Gasteiger partial charge on any atom is 0.406 e. The second-order valence-electron chi connectivity index (χ2n) is 4.19. The molecule has 1 rings (SSSR count). The summed E-state index contributed by atoms with van der Waals surface area (Å²) in [4.78, 5) is 1.05. The molecule has 0 amide bonds. The Bertz CT molecular complexity index is 367. The van der Waals surface area contributed by atoms with Crippen molar-refractivity contribution in [3.8, 4) is 0 Å². The third-order valence-corrected chi connectivity index (χ3v) is 2.29. The number of nitrogens with zero attached hydrogens (tertiary/aromatic N) is 3. The van der Waals surface area contributed by atoms with Crippen LogP contribution < -0.4 is 10.2 Å². The molecule has 0 fully saturated rings. The SMILES string of the molecule is CCCNCc1nnc(N(CCC)CC(F)(F)F)o1. The Labute approximate surface area is 110 Å². The van der Waals surface area contributed by atoms with Gasteiger partial charge in [0.1, 0.15) is 6.54 Å². The summed E-state index contributed by atoms with van der Waals surface area (Å²) >= 11 is 0. The van der Waals surface area contributed by atoms with Gasteiger partial charge >= 0.3 is 12.2 Å². The zero-order valence-electron chi connectivity index (χ0n) is 11.1. The number of alkyl halides is 3. The summed E-state index contributed by atoms with van der Waals surface area (Å²) in [6.45, 7) is 4.11. The third kappa shape index (κ3) is 5.91. The van der Waals surface area contributed by atoms with E-state index < -0.39 is 12.7 Å². The van der Waals surface area contributed by atoms with Crippen molar-refractivity contribution in [2.24, 2.45) is 0 Å². The monoisotopic (exact) mass is 280 g/mol. The Morgan fingerprint density at radius 1 is 1.21 bits per heavy atom. The Hall–Kier alpha value is -1.31. The zero-order valence-corrected chi connectivity index (χ0v) is 11.1. The molecule has 1 aromatic heterocycles. The Morgan fingerprint density at radius 2 is 1.95 bits per heavy atom. The predicted molar refractivity (Wildman–Crippen MR) is 64.9 cm³/mol. The van der Waals surface area contributed by atoms with Gasteiger partial charge in [-0.05, 0) is 19.4 Å². The van der Waals surface area contributed by atoms with Crippen LogP contribution in [-0.4, -0.2) is 36.0 Å². The van der Waals surface area contributed by atoms with Gasteiger partial charge in [0, 0.05) is 6.54 Å². The zero-order chi connectivity index (χ0) is 14.3. The lowest BCUT2D eigenvalue weighted by Crippen LogP contribution is -2.35. The Kier molecular flexibility index (Phi) is 6.07. The van der Waals surface area contributed by atoms with Crippen LogP contribution in [0.15, 0.2) is 4.42 Å². The lowest BCUT2D eigenvalue weighted by atomic mass is 10.4. The first kappa shape index (κ1) is 15.7. The summed E-state index contributed by atoms with van der Waals surface area (Å²) in [6, 6.07) is -0.0764. The van der Waals surface area contributed by atoms with Crippen LogP contribution in [0.3, 0.4) is 0 Å². The molecule has 0 aliphatic carbocycles. The van der Waals surface area contributed by atoms with Gasteiger partial charge in [-0.1, -0.05) is 18.9 Å². The normalized spacial score (nSPS) is 11.8. The van der Waals surface area contributed by atoms with Crippen LogP contribution in [0.5, 0.6) is 0 Å². The van der Waals surface area contributed by atoms with Crippen LogP contribution in [-0.2, 0) is 6.54 Å². The molecule has 1 aromatic rings. The number of anilines is 1. The molecule has 5 nitrogen and oxygen atoms in total. The van der Waals surface area contributed by atoms with Crippen LogP contribution in [0.1, 0.15) is 32.6 Å². The molecule has 19 heavy (non-hydrogen) atoms. The van der Waals surface area contributed by atoms with Crippen molar-refractivity contribution in [2.45, 2.75) is 39.4 Å². The quantitative estimate of drug-likeness (QED) is 0.741. The van der Waals surface area contributed by atoms with Crippen LogP contribution in [0.25, 0.3) is 0 Å². The number of hydrogen-bond acceptors (Lipinski definition) is 5. The molecule has 0 aromatic carbocycles. The molecule has 1 N–H and O–H groups in total. The van der Waals surface area contributed by atoms with Crippen LogP contribution in [0.2, 0.25) is 0 Å². The summed E-state index contributed by atoms with van der Waals surface area (Å²) < 4.78 is 42.5. The maximum absolute atomic E-state index is 12.4. The molecule has 0 bridgehead atoms. The van der Waals surface area contributed by atoms with E-state index in [-0.39, 0.29) is 12.6 Å². The average Bonchev–Trinajstić information content (AvgIpc) is 2.76. The topological polar surface area (TPSA) is 54.2 Å². The van der Waals surface area contributed by atoms with Crippen LogP contribution in [0, 0.1) is 0 Å². The van der Waals surface area contributed by atoms with Gasteiger partial charge in [0.15, 0.2) is 0 Å². The van der Waals surface area contributed by atoms with Crippen LogP contribution in [0.4, 0.5) is 19.2 Å². The van der Waals surface area contributed by atoms with Crippen molar-refractivity contribution in [3.63, 3.8) is 0 Å². The largest absolute Gasteiger partial charge is 0.407 e. The first-order valence-corrected chi connectivity index (χ1v) is 6.31. The highest BCUT2D eigenvalue weighted by Gasteiger charge is 2.32. The van der Waals surface area contributed by atoms with Gasteiger partial charge in [0.2, 0.25) is 5.89 Å². The van der Waals surface area contributed by atoms with E-state index in [1.54, 1.807) is 6.92 Å². The molecule has 110 valence electrons. The molecular weight excluding hydrogens is 261 g/mol. The van der Waals surface area contributed by atoms with E-state index in [1.165, 1.54) is 0 Å². The number of rotatable bonds is 8. The second-order valence-corrected chi connectivity index (χ2v) is 4.19. The van der Waals surface area contributed by atoms with Gasteiger partial charge in [-0.15, -0.1) is 5.10 Å². The molecule has 1 heterocycles. The average molecular weight is 280 g/mol. The fraction of sp³-hybridized carbons (Fsp3) is 0.818. The molecule has 0 saturated heterocycles. The minimum atomic E-state index is -4.29. The molecule has 0 radical (unpaired) electrons. The van der Waals surface area contributed by atoms with Crippen molar-refractivity contribution < 1.29 is 17.6 Å². The highest BCUT2D eigenvalue weighted by Crippen LogP contribution is 2.21. The molecule has 0 aliphatic rings. The van der Waals surface area contributed by atoms with E-state index in [9.17, 15) is 13.2 Å². The van der Waals surface area contributed by atoms with Gasteiger partial charge in [-0.2, -0.15) is 13.2 Å². The van der Waals surface area contributed by atoms with E-state index in [0.717, 1.165) is 17.9 Å².